The van der Waals surface area contributed by atoms with Crippen LogP contribution in [-0.4, -0.2) is 17.9 Å². The van der Waals surface area contributed by atoms with Crippen LogP contribution in [0.4, 0.5) is 5.69 Å². The highest BCUT2D eigenvalue weighted by molar-refractivity contribution is 6.32. The Labute approximate surface area is 139 Å². The molecular formula is C16H16Cl2N2O2. The number of benzene rings is 2. The number of halogens is 2. The van der Waals surface area contributed by atoms with E-state index in [1.807, 2.05) is 26.0 Å². The zero-order valence-corrected chi connectivity index (χ0v) is 13.7. The van der Waals surface area contributed by atoms with Crippen molar-refractivity contribution in [3.05, 3.63) is 51.5 Å². The van der Waals surface area contributed by atoms with Gasteiger partial charge in [-0.1, -0.05) is 29.3 Å². The fourth-order valence-corrected chi connectivity index (χ4v) is 2.18. The topological polar surface area (TPSA) is 53.8 Å². The summed E-state index contributed by atoms with van der Waals surface area (Å²) in [5.74, 6) is 0.258. The van der Waals surface area contributed by atoms with Crippen LogP contribution in [0.3, 0.4) is 0 Å². The largest absolute Gasteiger partial charge is 0.503 e. The van der Waals surface area contributed by atoms with E-state index in [1.54, 1.807) is 24.4 Å². The molecule has 0 unspecified atom stereocenters. The zero-order valence-electron chi connectivity index (χ0n) is 12.2. The molecule has 2 aromatic rings. The third kappa shape index (κ3) is 4.06. The van der Waals surface area contributed by atoms with Crippen LogP contribution in [0, 0.1) is 6.92 Å². The molecule has 2 N–H and O–H groups in total. The molecule has 22 heavy (non-hydrogen) atoms. The molecule has 0 atom stereocenters. The molecule has 0 aliphatic heterocycles. The Morgan fingerprint density at radius 1 is 1.23 bits per heavy atom. The predicted octanol–water partition coefficient (Wildman–Crippen LogP) is 4.85. The van der Waals surface area contributed by atoms with E-state index >= 15 is 0 Å². The Balaban J connectivity index is 2.14. The molecule has 0 aromatic heterocycles. The number of phenolic OH excluding ortho intramolecular Hbond substituents is 1. The van der Waals surface area contributed by atoms with E-state index in [1.165, 1.54) is 0 Å². The maximum absolute atomic E-state index is 9.78. The van der Waals surface area contributed by atoms with Crippen molar-refractivity contribution >= 4 is 35.1 Å². The van der Waals surface area contributed by atoms with E-state index in [-0.39, 0.29) is 10.8 Å². The van der Waals surface area contributed by atoms with Crippen LogP contribution in [-0.2, 0) is 0 Å². The molecule has 6 heteroatoms. The van der Waals surface area contributed by atoms with Crippen molar-refractivity contribution in [1.29, 1.82) is 0 Å². The first-order chi connectivity index (χ1) is 10.5. The first kappa shape index (κ1) is 16.5. The van der Waals surface area contributed by atoms with Crippen LogP contribution in [0.5, 0.6) is 11.5 Å². The van der Waals surface area contributed by atoms with Gasteiger partial charge in [0.25, 0.3) is 0 Å². The number of phenols is 1. The molecule has 4 nitrogen and oxygen atoms in total. The number of nitrogens with one attached hydrogen (secondary N) is 1. The summed E-state index contributed by atoms with van der Waals surface area (Å²) in [6.45, 7) is 4.20. The van der Waals surface area contributed by atoms with Gasteiger partial charge in [-0.15, -0.1) is 0 Å². The fraction of sp³-hybridized carbons (Fsp3) is 0.188. The molecule has 116 valence electrons. The predicted molar refractivity (Wildman–Crippen MR) is 91.7 cm³/mol. The summed E-state index contributed by atoms with van der Waals surface area (Å²) in [6, 6.07) is 8.85. The monoisotopic (exact) mass is 338 g/mol. The van der Waals surface area contributed by atoms with Crippen molar-refractivity contribution in [2.75, 3.05) is 12.0 Å². The van der Waals surface area contributed by atoms with Crippen LogP contribution >= 0.6 is 23.2 Å². The second kappa shape index (κ2) is 7.38. The summed E-state index contributed by atoms with van der Waals surface area (Å²) in [6.07, 6.45) is 1.58. The SMILES string of the molecule is CCOc1cc(/C=N/Nc2ccc(C)c(Cl)c2)cc(Cl)c1O. The minimum atomic E-state index is -0.0704. The van der Waals surface area contributed by atoms with Gasteiger partial charge in [0.1, 0.15) is 0 Å². The van der Waals surface area contributed by atoms with E-state index < -0.39 is 0 Å². The van der Waals surface area contributed by atoms with Gasteiger partial charge in [-0.3, -0.25) is 5.43 Å². The first-order valence-corrected chi connectivity index (χ1v) is 7.47. The lowest BCUT2D eigenvalue weighted by Crippen LogP contribution is -1.95. The smallest absolute Gasteiger partial charge is 0.176 e. The third-order valence-electron chi connectivity index (χ3n) is 2.93. The minimum Gasteiger partial charge on any atom is -0.503 e. The number of hydrogen-bond acceptors (Lipinski definition) is 4. The van der Waals surface area contributed by atoms with E-state index in [0.717, 1.165) is 11.3 Å². The van der Waals surface area contributed by atoms with Gasteiger partial charge < -0.3 is 9.84 Å². The zero-order chi connectivity index (χ0) is 16.1. The van der Waals surface area contributed by atoms with Gasteiger partial charge in [0, 0.05) is 5.02 Å². The highest BCUT2D eigenvalue weighted by Gasteiger charge is 2.08. The van der Waals surface area contributed by atoms with E-state index in [9.17, 15) is 5.11 Å². The average Bonchev–Trinajstić information content (AvgIpc) is 2.48. The molecule has 0 saturated carbocycles. The molecule has 0 radical (unpaired) electrons. The molecule has 0 bridgehead atoms. The van der Waals surface area contributed by atoms with Gasteiger partial charge in [0.05, 0.1) is 23.5 Å². The summed E-state index contributed by atoms with van der Waals surface area (Å²) in [7, 11) is 0. The lowest BCUT2D eigenvalue weighted by Gasteiger charge is -2.08. The van der Waals surface area contributed by atoms with Crippen molar-refractivity contribution in [3.8, 4) is 11.5 Å². The summed E-state index contributed by atoms with van der Waals surface area (Å²) < 4.78 is 5.32. The normalized spacial score (nSPS) is 10.9. The lowest BCUT2D eigenvalue weighted by atomic mass is 10.2. The first-order valence-electron chi connectivity index (χ1n) is 6.71. The molecule has 0 amide bonds. The average molecular weight is 339 g/mol. The van der Waals surface area contributed by atoms with E-state index in [2.05, 4.69) is 10.5 Å². The third-order valence-corrected chi connectivity index (χ3v) is 3.63. The number of anilines is 1. The molecule has 2 rings (SSSR count). The molecule has 0 aliphatic rings. The summed E-state index contributed by atoms with van der Waals surface area (Å²) >= 11 is 12.0. The molecule has 0 spiro atoms. The van der Waals surface area contributed by atoms with Gasteiger partial charge in [-0.25, -0.2) is 0 Å². The number of hydrogen-bond donors (Lipinski definition) is 2. The van der Waals surface area contributed by atoms with Crippen molar-refractivity contribution < 1.29 is 9.84 Å². The highest BCUT2D eigenvalue weighted by Crippen LogP contribution is 2.34. The van der Waals surface area contributed by atoms with Crippen LogP contribution in [0.25, 0.3) is 0 Å². The maximum atomic E-state index is 9.78. The fourth-order valence-electron chi connectivity index (χ4n) is 1.78. The Hall–Kier alpha value is -1.91. The van der Waals surface area contributed by atoms with Crippen LogP contribution in [0.1, 0.15) is 18.1 Å². The number of aromatic hydroxyl groups is 1. The highest BCUT2D eigenvalue weighted by atomic mass is 35.5. The molecular weight excluding hydrogens is 323 g/mol. The van der Waals surface area contributed by atoms with Crippen molar-refractivity contribution in [3.63, 3.8) is 0 Å². The number of hydrazone groups is 1. The second-order valence-corrected chi connectivity index (χ2v) is 5.43. The van der Waals surface area contributed by atoms with Gasteiger partial charge in [0.15, 0.2) is 11.5 Å². The Morgan fingerprint density at radius 2 is 2.00 bits per heavy atom. The van der Waals surface area contributed by atoms with E-state index in [4.69, 9.17) is 27.9 Å². The standard InChI is InChI=1S/C16H16Cl2N2O2/c1-3-22-15-7-11(6-14(18)16(15)21)9-19-20-12-5-4-10(2)13(17)8-12/h4-9,20-21H,3H2,1-2H3/b19-9+. The van der Waals surface area contributed by atoms with Crippen LogP contribution in [0.2, 0.25) is 10.0 Å². The number of ether oxygens (including phenoxy) is 1. The molecule has 2 aromatic carbocycles. The minimum absolute atomic E-state index is 0.0704. The lowest BCUT2D eigenvalue weighted by molar-refractivity contribution is 0.318. The Morgan fingerprint density at radius 3 is 2.68 bits per heavy atom. The number of aryl methyl sites for hydroxylation is 1. The second-order valence-electron chi connectivity index (χ2n) is 4.62. The van der Waals surface area contributed by atoms with Crippen LogP contribution < -0.4 is 10.2 Å². The quantitative estimate of drug-likeness (QED) is 0.605. The van der Waals surface area contributed by atoms with Crippen LogP contribution in [0.15, 0.2) is 35.4 Å². The summed E-state index contributed by atoms with van der Waals surface area (Å²) in [4.78, 5) is 0. The van der Waals surface area contributed by atoms with Gasteiger partial charge in [-0.2, -0.15) is 5.10 Å². The van der Waals surface area contributed by atoms with E-state index in [0.29, 0.717) is 22.9 Å². The Bertz CT molecular complexity index is 703. The molecule has 0 saturated heterocycles. The Kier molecular flexibility index (Phi) is 5.52. The summed E-state index contributed by atoms with van der Waals surface area (Å²) in [5.41, 5.74) is 5.37. The molecule has 0 heterocycles. The molecule has 0 fully saturated rings. The van der Waals surface area contributed by atoms with Gasteiger partial charge in [-0.05, 0) is 49.2 Å². The number of nitrogens with zero attached hydrogens (tertiary/aromatic N) is 1. The van der Waals surface area contributed by atoms with Crippen molar-refractivity contribution in [2.45, 2.75) is 13.8 Å². The maximum Gasteiger partial charge on any atom is 0.176 e. The van der Waals surface area contributed by atoms with Gasteiger partial charge >= 0.3 is 0 Å². The molecule has 0 aliphatic carbocycles. The van der Waals surface area contributed by atoms with Crippen molar-refractivity contribution in [2.24, 2.45) is 5.10 Å². The summed E-state index contributed by atoms with van der Waals surface area (Å²) in [5, 5.41) is 14.8. The van der Waals surface area contributed by atoms with Gasteiger partial charge in [0.2, 0.25) is 0 Å². The van der Waals surface area contributed by atoms with Crippen molar-refractivity contribution in [1.82, 2.24) is 0 Å². The number of rotatable bonds is 5.